The number of aliphatic hydroxyl groups is 2. The minimum atomic E-state index is -4.47. The summed E-state index contributed by atoms with van der Waals surface area (Å²) in [6, 6.07) is 6.64. The lowest BCUT2D eigenvalue weighted by Gasteiger charge is -2.12. The van der Waals surface area contributed by atoms with Crippen molar-refractivity contribution in [3.8, 4) is 5.75 Å². The van der Waals surface area contributed by atoms with Crippen LogP contribution in [0.4, 0.5) is 13.2 Å². The largest absolute Gasteiger partial charge is 0.496 e. The van der Waals surface area contributed by atoms with Gasteiger partial charge in [-0.3, -0.25) is 4.79 Å². The number of aryl methyl sites for hydroxylation is 1. The van der Waals surface area contributed by atoms with Crippen molar-refractivity contribution in [3.05, 3.63) is 69.8 Å². The molecule has 2 aromatic rings. The molecule has 0 saturated carbocycles. The van der Waals surface area contributed by atoms with E-state index >= 15 is 0 Å². The first-order valence-electron chi connectivity index (χ1n) is 8.03. The van der Waals surface area contributed by atoms with Gasteiger partial charge in [-0.2, -0.15) is 13.2 Å². The fourth-order valence-electron chi connectivity index (χ4n) is 2.66. The molecule has 0 saturated heterocycles. The maximum absolute atomic E-state index is 13.0. The zero-order valence-corrected chi connectivity index (χ0v) is 14.8. The van der Waals surface area contributed by atoms with Crippen LogP contribution in [-0.4, -0.2) is 23.1 Å². The highest BCUT2D eigenvalue weighted by Gasteiger charge is 2.32. The Hall–Kier alpha value is -2.64. The van der Waals surface area contributed by atoms with Crippen molar-refractivity contribution in [2.45, 2.75) is 26.3 Å². The molecule has 0 radical (unpaired) electrons. The van der Waals surface area contributed by atoms with Crippen LogP contribution >= 0.6 is 0 Å². The Kier molecular flexibility index (Phi) is 6.41. The molecule has 2 aromatic carbocycles. The molecule has 7 heteroatoms. The van der Waals surface area contributed by atoms with Gasteiger partial charge >= 0.3 is 6.18 Å². The minimum Gasteiger partial charge on any atom is -0.496 e. The number of hydrogen-bond acceptors (Lipinski definition) is 4. The fourth-order valence-corrected chi connectivity index (χ4v) is 2.66. The van der Waals surface area contributed by atoms with Gasteiger partial charge in [0.25, 0.3) is 0 Å². The summed E-state index contributed by atoms with van der Waals surface area (Å²) in [4.78, 5) is 12.4. The summed E-state index contributed by atoms with van der Waals surface area (Å²) in [7, 11) is 1.37. The van der Waals surface area contributed by atoms with Crippen LogP contribution in [0.1, 0.15) is 38.2 Å². The Labute approximate surface area is 154 Å². The second kappa shape index (κ2) is 8.37. The number of benzene rings is 2. The number of alkyl halides is 3. The predicted octanol–water partition coefficient (Wildman–Crippen LogP) is 3.90. The quantitative estimate of drug-likeness (QED) is 0.589. The zero-order chi connectivity index (χ0) is 20.2. The van der Waals surface area contributed by atoms with Crippen molar-refractivity contribution in [1.29, 1.82) is 0 Å². The second-order valence-corrected chi connectivity index (χ2v) is 5.90. The first kappa shape index (κ1) is 20.7. The highest BCUT2D eigenvalue weighted by molar-refractivity contribution is 6.07. The third-order valence-corrected chi connectivity index (χ3v) is 4.13. The average Bonchev–Trinajstić information content (AvgIpc) is 2.64. The molecule has 0 heterocycles. The van der Waals surface area contributed by atoms with E-state index in [1.807, 2.05) is 0 Å². The van der Waals surface area contributed by atoms with Gasteiger partial charge in [0, 0.05) is 11.1 Å². The van der Waals surface area contributed by atoms with E-state index < -0.39 is 24.1 Å². The van der Waals surface area contributed by atoms with E-state index in [0.717, 1.165) is 12.1 Å². The van der Waals surface area contributed by atoms with Gasteiger partial charge in [0.15, 0.2) is 5.78 Å². The van der Waals surface area contributed by atoms with Crippen LogP contribution in [0.2, 0.25) is 0 Å². The maximum atomic E-state index is 13.0. The SMILES string of the molecule is COc1cc(C(=O)/C=C/c2ccc(C)c(C(F)(F)F)c2)cc(CO)c1CO. The molecule has 4 nitrogen and oxygen atoms in total. The molecule has 0 aliphatic heterocycles. The van der Waals surface area contributed by atoms with Crippen molar-refractivity contribution in [1.82, 2.24) is 0 Å². The Bertz CT molecular complexity index is 845. The van der Waals surface area contributed by atoms with Crippen LogP contribution in [0.15, 0.2) is 36.4 Å². The van der Waals surface area contributed by atoms with E-state index in [9.17, 15) is 28.2 Å². The molecule has 0 aromatic heterocycles. The van der Waals surface area contributed by atoms with E-state index in [2.05, 4.69) is 0 Å². The lowest BCUT2D eigenvalue weighted by atomic mass is 10.00. The topological polar surface area (TPSA) is 66.8 Å². The summed E-state index contributed by atoms with van der Waals surface area (Å²) in [6.45, 7) is 0.601. The monoisotopic (exact) mass is 380 g/mol. The zero-order valence-electron chi connectivity index (χ0n) is 14.8. The predicted molar refractivity (Wildman–Crippen MR) is 94.4 cm³/mol. The van der Waals surface area contributed by atoms with Gasteiger partial charge in [-0.15, -0.1) is 0 Å². The van der Waals surface area contributed by atoms with Crippen molar-refractivity contribution >= 4 is 11.9 Å². The van der Waals surface area contributed by atoms with Gasteiger partial charge in [-0.05, 0) is 47.9 Å². The van der Waals surface area contributed by atoms with E-state index in [1.54, 1.807) is 0 Å². The van der Waals surface area contributed by atoms with Crippen LogP contribution in [0.25, 0.3) is 6.08 Å². The van der Waals surface area contributed by atoms with E-state index in [0.29, 0.717) is 11.1 Å². The Morgan fingerprint density at radius 2 is 1.85 bits per heavy atom. The second-order valence-electron chi connectivity index (χ2n) is 5.90. The van der Waals surface area contributed by atoms with Crippen LogP contribution < -0.4 is 4.74 Å². The first-order chi connectivity index (χ1) is 12.7. The van der Waals surface area contributed by atoms with Crippen molar-refractivity contribution in [2.75, 3.05) is 7.11 Å². The fraction of sp³-hybridized carbons (Fsp3) is 0.250. The third kappa shape index (κ3) is 4.75. The molecule has 0 amide bonds. The highest BCUT2D eigenvalue weighted by atomic mass is 19.4. The summed E-state index contributed by atoms with van der Waals surface area (Å²) < 4.78 is 44.1. The highest BCUT2D eigenvalue weighted by Crippen LogP contribution is 2.32. The summed E-state index contributed by atoms with van der Waals surface area (Å²) in [6.07, 6.45) is -2.02. The number of carbonyl (C=O) groups is 1. The molecule has 0 spiro atoms. The Balaban J connectivity index is 2.35. The van der Waals surface area contributed by atoms with Crippen molar-refractivity contribution in [3.63, 3.8) is 0 Å². The molecule has 2 N–H and O–H groups in total. The lowest BCUT2D eigenvalue weighted by molar-refractivity contribution is -0.138. The molecular weight excluding hydrogens is 361 g/mol. The summed E-state index contributed by atoms with van der Waals surface area (Å²) in [5, 5.41) is 18.8. The van der Waals surface area contributed by atoms with E-state index in [-0.39, 0.29) is 29.0 Å². The number of rotatable bonds is 6. The minimum absolute atomic E-state index is 0.0999. The third-order valence-electron chi connectivity index (χ3n) is 4.13. The standard InChI is InChI=1S/C20H19F3O4/c1-12-3-4-13(7-17(12)20(21,22)23)5-6-18(26)14-8-15(10-24)16(11-25)19(9-14)27-2/h3-9,24-25H,10-11H2,1-2H3/b6-5+. The molecule has 0 atom stereocenters. The van der Waals surface area contributed by atoms with Gasteiger partial charge in [0.2, 0.25) is 0 Å². The number of hydrogen-bond donors (Lipinski definition) is 2. The van der Waals surface area contributed by atoms with Crippen LogP contribution in [0, 0.1) is 6.92 Å². The van der Waals surface area contributed by atoms with Gasteiger partial charge < -0.3 is 14.9 Å². The van der Waals surface area contributed by atoms with Gasteiger partial charge in [-0.25, -0.2) is 0 Å². The molecule has 0 fully saturated rings. The molecule has 0 bridgehead atoms. The number of methoxy groups -OCH3 is 1. The van der Waals surface area contributed by atoms with Crippen LogP contribution in [-0.2, 0) is 19.4 Å². The number of ketones is 1. The van der Waals surface area contributed by atoms with Gasteiger partial charge in [-0.1, -0.05) is 18.2 Å². The number of halogens is 3. The normalized spacial score (nSPS) is 11.8. The number of aliphatic hydroxyl groups excluding tert-OH is 2. The molecule has 27 heavy (non-hydrogen) atoms. The molecule has 144 valence electrons. The molecule has 0 aliphatic rings. The molecule has 0 unspecified atom stereocenters. The van der Waals surface area contributed by atoms with Gasteiger partial charge in [0.05, 0.1) is 25.9 Å². The summed E-state index contributed by atoms with van der Waals surface area (Å²) >= 11 is 0. The summed E-state index contributed by atoms with van der Waals surface area (Å²) in [5.74, 6) is -0.225. The molecule has 0 aliphatic carbocycles. The number of carbonyl (C=O) groups excluding carboxylic acids is 1. The van der Waals surface area contributed by atoms with Crippen molar-refractivity contribution < 1.29 is 32.9 Å². The summed E-state index contributed by atoms with van der Waals surface area (Å²) in [5.41, 5.74) is 0.476. The van der Waals surface area contributed by atoms with E-state index in [4.69, 9.17) is 4.74 Å². The number of ether oxygens (including phenoxy) is 1. The first-order valence-corrected chi connectivity index (χ1v) is 8.03. The molecular formula is C20H19F3O4. The van der Waals surface area contributed by atoms with Crippen LogP contribution in [0.3, 0.4) is 0 Å². The Morgan fingerprint density at radius 1 is 1.15 bits per heavy atom. The number of allylic oxidation sites excluding steroid dienone is 1. The van der Waals surface area contributed by atoms with Crippen LogP contribution in [0.5, 0.6) is 5.75 Å². The molecule has 2 rings (SSSR count). The maximum Gasteiger partial charge on any atom is 0.416 e. The Morgan fingerprint density at radius 3 is 2.41 bits per heavy atom. The van der Waals surface area contributed by atoms with E-state index in [1.165, 1.54) is 44.4 Å². The van der Waals surface area contributed by atoms with Crippen molar-refractivity contribution in [2.24, 2.45) is 0 Å². The van der Waals surface area contributed by atoms with Gasteiger partial charge in [0.1, 0.15) is 5.75 Å². The lowest BCUT2D eigenvalue weighted by Crippen LogP contribution is -2.07. The average molecular weight is 380 g/mol. The smallest absolute Gasteiger partial charge is 0.416 e.